The van der Waals surface area contributed by atoms with E-state index in [1.165, 1.54) is 25.3 Å². The van der Waals surface area contributed by atoms with Crippen molar-refractivity contribution in [3.63, 3.8) is 0 Å². The maximum atomic E-state index is 10.6. The Hall–Kier alpha value is -1.07. The molecule has 1 aromatic carbocycles. The summed E-state index contributed by atoms with van der Waals surface area (Å²) in [6.07, 6.45) is 0. The summed E-state index contributed by atoms with van der Waals surface area (Å²) in [4.78, 5) is -0.0469. The highest BCUT2D eigenvalue weighted by Crippen LogP contribution is 2.24. The summed E-state index contributed by atoms with van der Waals surface area (Å²) < 4.78 is 24.1. The van der Waals surface area contributed by atoms with E-state index in [9.17, 15) is 4.21 Å². The number of phenols is 1. The highest BCUT2D eigenvalue weighted by molar-refractivity contribution is 7.79. The number of hydrogen-bond acceptors (Lipinski definition) is 3. The van der Waals surface area contributed by atoms with Gasteiger partial charge in [-0.25, -0.2) is 4.21 Å². The second kappa shape index (κ2) is 3.55. The minimum absolute atomic E-state index is 0.0469. The minimum Gasteiger partial charge on any atom is -0.507 e. The second-order valence-corrected chi connectivity index (χ2v) is 3.02. The van der Waals surface area contributed by atoms with Gasteiger partial charge in [-0.15, -0.1) is 0 Å². The summed E-state index contributed by atoms with van der Waals surface area (Å²) in [7, 11) is 1.44. The molecule has 0 spiro atoms. The number of methoxy groups -OCH3 is 1. The van der Waals surface area contributed by atoms with Gasteiger partial charge in [-0.05, 0) is 12.1 Å². The summed E-state index contributed by atoms with van der Waals surface area (Å²) in [6, 6.07) is 4.12. The third kappa shape index (κ3) is 1.75. The Morgan fingerprint density at radius 1 is 1.50 bits per heavy atom. The Labute approximate surface area is 72.1 Å². The topological polar surface area (TPSA) is 66.8 Å². The minimum atomic E-state index is -2.18. The largest absolute Gasteiger partial charge is 0.507 e. The zero-order valence-electron chi connectivity index (χ0n) is 6.35. The fraction of sp³-hybridized carbons (Fsp3) is 0.143. The van der Waals surface area contributed by atoms with Gasteiger partial charge < -0.3 is 14.4 Å². The molecular weight excluding hydrogens is 180 g/mol. The lowest BCUT2D eigenvalue weighted by Crippen LogP contribution is -1.90. The summed E-state index contributed by atoms with van der Waals surface area (Å²) in [5.41, 5.74) is 0. The smallest absolute Gasteiger partial charge is 0.190 e. The fourth-order valence-electron chi connectivity index (χ4n) is 0.761. The molecule has 0 aliphatic carbocycles. The van der Waals surface area contributed by atoms with E-state index in [1.54, 1.807) is 0 Å². The van der Waals surface area contributed by atoms with Crippen molar-refractivity contribution in [2.75, 3.05) is 7.11 Å². The van der Waals surface area contributed by atoms with E-state index in [1.807, 2.05) is 0 Å². The number of phenolic OH excluding ortho intramolecular Hbond substituents is 1. The van der Waals surface area contributed by atoms with Crippen molar-refractivity contribution in [1.82, 2.24) is 0 Å². The van der Waals surface area contributed by atoms with Gasteiger partial charge in [-0.3, -0.25) is 0 Å². The first kappa shape index (κ1) is 9.02. The van der Waals surface area contributed by atoms with Crippen molar-refractivity contribution >= 4 is 11.1 Å². The van der Waals surface area contributed by atoms with Gasteiger partial charge in [0.05, 0.1) is 7.11 Å². The predicted octanol–water partition coefficient (Wildman–Crippen LogP) is 0.981. The molecule has 2 N–H and O–H groups in total. The van der Waals surface area contributed by atoms with Crippen molar-refractivity contribution in [1.29, 1.82) is 0 Å². The molecule has 0 amide bonds. The molecule has 1 aromatic rings. The molecule has 0 heterocycles. The number of rotatable bonds is 2. The lowest BCUT2D eigenvalue weighted by Gasteiger charge is -2.02. The normalized spacial score (nSPS) is 12.5. The van der Waals surface area contributed by atoms with Gasteiger partial charge in [-0.2, -0.15) is 0 Å². The van der Waals surface area contributed by atoms with Gasteiger partial charge >= 0.3 is 0 Å². The molecule has 5 heteroatoms. The zero-order valence-corrected chi connectivity index (χ0v) is 7.17. The SMILES string of the molecule is COc1ccc(O)c(S(=O)O)c1. The van der Waals surface area contributed by atoms with E-state index in [0.717, 1.165) is 0 Å². The molecule has 0 saturated heterocycles. The zero-order chi connectivity index (χ0) is 9.14. The third-order valence-electron chi connectivity index (χ3n) is 1.36. The fourth-order valence-corrected chi connectivity index (χ4v) is 1.23. The molecule has 0 fully saturated rings. The molecule has 12 heavy (non-hydrogen) atoms. The van der Waals surface area contributed by atoms with Gasteiger partial charge in [0.25, 0.3) is 0 Å². The van der Waals surface area contributed by atoms with Crippen LogP contribution in [0.1, 0.15) is 0 Å². The molecule has 0 radical (unpaired) electrons. The van der Waals surface area contributed by atoms with Crippen LogP contribution in [0.15, 0.2) is 23.1 Å². The highest BCUT2D eigenvalue weighted by atomic mass is 32.2. The van der Waals surface area contributed by atoms with E-state index in [-0.39, 0.29) is 10.6 Å². The van der Waals surface area contributed by atoms with Crippen LogP contribution in [-0.4, -0.2) is 21.0 Å². The van der Waals surface area contributed by atoms with E-state index in [0.29, 0.717) is 5.75 Å². The van der Waals surface area contributed by atoms with Crippen molar-refractivity contribution in [2.45, 2.75) is 4.90 Å². The molecule has 1 atom stereocenters. The summed E-state index contributed by atoms with van der Waals surface area (Å²) in [6.45, 7) is 0. The Balaban J connectivity index is 3.17. The average Bonchev–Trinajstić information content (AvgIpc) is 2.05. The number of ether oxygens (including phenoxy) is 1. The highest BCUT2D eigenvalue weighted by Gasteiger charge is 2.07. The molecule has 1 rings (SSSR count). The predicted molar refractivity (Wildman–Crippen MR) is 43.7 cm³/mol. The van der Waals surface area contributed by atoms with E-state index >= 15 is 0 Å². The molecule has 1 unspecified atom stereocenters. The van der Waals surface area contributed by atoms with Gasteiger partial charge in [0.2, 0.25) is 0 Å². The Morgan fingerprint density at radius 2 is 2.17 bits per heavy atom. The number of hydrogen-bond donors (Lipinski definition) is 2. The van der Waals surface area contributed by atoms with Crippen LogP contribution in [0.25, 0.3) is 0 Å². The summed E-state index contributed by atoms with van der Waals surface area (Å²) in [5.74, 6) is 0.224. The molecular formula is C7H8O4S. The molecule has 0 bridgehead atoms. The van der Waals surface area contributed by atoms with Crippen molar-refractivity contribution in [3.8, 4) is 11.5 Å². The van der Waals surface area contributed by atoms with Gasteiger partial charge in [0.1, 0.15) is 16.4 Å². The van der Waals surface area contributed by atoms with Crippen molar-refractivity contribution in [2.24, 2.45) is 0 Å². The first-order valence-electron chi connectivity index (χ1n) is 3.13. The number of benzene rings is 1. The lowest BCUT2D eigenvalue weighted by molar-refractivity contribution is 0.408. The summed E-state index contributed by atoms with van der Waals surface area (Å²) >= 11 is -2.18. The molecule has 66 valence electrons. The monoisotopic (exact) mass is 188 g/mol. The van der Waals surface area contributed by atoms with Gasteiger partial charge in [0.15, 0.2) is 11.1 Å². The van der Waals surface area contributed by atoms with Crippen LogP contribution in [0.4, 0.5) is 0 Å². The Kier molecular flexibility index (Phi) is 2.67. The average molecular weight is 188 g/mol. The van der Waals surface area contributed by atoms with Crippen LogP contribution in [0.2, 0.25) is 0 Å². The van der Waals surface area contributed by atoms with Gasteiger partial charge in [0, 0.05) is 6.07 Å². The molecule has 4 nitrogen and oxygen atoms in total. The maximum absolute atomic E-state index is 10.6. The van der Waals surface area contributed by atoms with E-state index in [2.05, 4.69) is 0 Å². The second-order valence-electron chi connectivity index (χ2n) is 2.08. The Morgan fingerprint density at radius 3 is 2.67 bits per heavy atom. The van der Waals surface area contributed by atoms with Crippen LogP contribution in [0, 0.1) is 0 Å². The number of aromatic hydroxyl groups is 1. The maximum Gasteiger partial charge on any atom is 0.190 e. The molecule has 0 aliphatic heterocycles. The standard InChI is InChI=1S/C7H8O4S/c1-11-5-2-3-6(8)7(4-5)12(9)10/h2-4,8H,1H3,(H,9,10). The van der Waals surface area contributed by atoms with E-state index in [4.69, 9.17) is 14.4 Å². The van der Waals surface area contributed by atoms with Crippen LogP contribution in [-0.2, 0) is 11.1 Å². The van der Waals surface area contributed by atoms with Crippen LogP contribution in [0.3, 0.4) is 0 Å². The molecule has 0 saturated carbocycles. The molecule has 0 aromatic heterocycles. The van der Waals surface area contributed by atoms with Crippen LogP contribution >= 0.6 is 0 Å². The molecule has 0 aliphatic rings. The first-order valence-corrected chi connectivity index (χ1v) is 4.23. The lowest BCUT2D eigenvalue weighted by atomic mass is 10.3. The Bertz CT molecular complexity index is 310. The first-order chi connectivity index (χ1) is 5.65. The van der Waals surface area contributed by atoms with Crippen LogP contribution < -0.4 is 4.74 Å². The van der Waals surface area contributed by atoms with Crippen molar-refractivity contribution < 1.29 is 18.6 Å². The van der Waals surface area contributed by atoms with Gasteiger partial charge in [-0.1, -0.05) is 0 Å². The quantitative estimate of drug-likeness (QED) is 0.679. The summed E-state index contributed by atoms with van der Waals surface area (Å²) in [5, 5.41) is 9.09. The van der Waals surface area contributed by atoms with E-state index < -0.39 is 11.1 Å². The van der Waals surface area contributed by atoms with Crippen LogP contribution in [0.5, 0.6) is 11.5 Å². The van der Waals surface area contributed by atoms with Crippen molar-refractivity contribution in [3.05, 3.63) is 18.2 Å². The third-order valence-corrected chi connectivity index (χ3v) is 2.06.